The molecule has 1 atom stereocenters. The van der Waals surface area contributed by atoms with Gasteiger partial charge < -0.3 is 15.2 Å². The third kappa shape index (κ3) is 3.68. The van der Waals surface area contributed by atoms with E-state index < -0.39 is 36.2 Å². The molecule has 2 rings (SSSR count). The minimum absolute atomic E-state index is 0.00603. The molecular formula is C11H16N6O5. The van der Waals surface area contributed by atoms with Gasteiger partial charge in [0.05, 0.1) is 6.54 Å². The van der Waals surface area contributed by atoms with Gasteiger partial charge in [0.1, 0.15) is 11.6 Å². The van der Waals surface area contributed by atoms with Crippen molar-refractivity contribution >= 4 is 23.9 Å². The number of β-lactam (4-membered cyclic amide) rings is 1. The molecule has 1 aliphatic heterocycles. The van der Waals surface area contributed by atoms with Crippen LogP contribution in [0.3, 0.4) is 0 Å². The molecule has 11 heteroatoms. The van der Waals surface area contributed by atoms with Crippen molar-refractivity contribution < 1.29 is 24.2 Å². The summed E-state index contributed by atoms with van der Waals surface area (Å²) >= 11 is 0. The van der Waals surface area contributed by atoms with E-state index in [0.717, 1.165) is 4.80 Å². The molecule has 0 saturated carbocycles. The molecule has 2 N–H and O–H groups in total. The van der Waals surface area contributed by atoms with Crippen LogP contribution in [-0.2, 0) is 20.9 Å². The molecule has 22 heavy (non-hydrogen) atoms. The summed E-state index contributed by atoms with van der Waals surface area (Å²) in [6.07, 6.45) is -0.687. The van der Waals surface area contributed by atoms with E-state index in [1.165, 1.54) is 4.90 Å². The van der Waals surface area contributed by atoms with Crippen LogP contribution in [0.25, 0.3) is 0 Å². The number of anilines is 1. The van der Waals surface area contributed by atoms with E-state index in [9.17, 15) is 14.4 Å². The molecule has 0 aliphatic carbocycles. The van der Waals surface area contributed by atoms with Gasteiger partial charge in [-0.2, -0.15) is 4.80 Å². The van der Waals surface area contributed by atoms with Crippen molar-refractivity contribution in [3.05, 3.63) is 0 Å². The number of alkyl carbamates (subject to hydrolysis) is 1. The summed E-state index contributed by atoms with van der Waals surface area (Å²) in [5.74, 6) is -1.54. The number of hydrogen-bond acceptors (Lipinski definition) is 7. The zero-order valence-electron chi connectivity index (χ0n) is 12.3. The maximum absolute atomic E-state index is 11.9. The minimum atomic E-state index is -1.12. The maximum atomic E-state index is 11.9. The Morgan fingerprint density at radius 1 is 1.45 bits per heavy atom. The Balaban J connectivity index is 1.88. The number of aliphatic carboxylic acids is 1. The predicted molar refractivity (Wildman–Crippen MR) is 71.0 cm³/mol. The zero-order chi connectivity index (χ0) is 16.5. The molecule has 0 unspecified atom stereocenters. The highest BCUT2D eigenvalue weighted by Gasteiger charge is 2.41. The first kappa shape index (κ1) is 15.7. The lowest BCUT2D eigenvalue weighted by atomic mass is 10.1. The summed E-state index contributed by atoms with van der Waals surface area (Å²) in [4.78, 5) is 36.0. The predicted octanol–water partition coefficient (Wildman–Crippen LogP) is -1.00. The Bertz CT molecular complexity index is 606. The number of carbonyl (C=O) groups excluding carboxylic acids is 2. The second-order valence-corrected chi connectivity index (χ2v) is 5.66. The van der Waals surface area contributed by atoms with Crippen LogP contribution in [0.5, 0.6) is 0 Å². The van der Waals surface area contributed by atoms with Crippen molar-refractivity contribution in [1.82, 2.24) is 25.5 Å². The minimum Gasteiger partial charge on any atom is -0.480 e. The van der Waals surface area contributed by atoms with Gasteiger partial charge in [0.15, 0.2) is 6.54 Å². The van der Waals surface area contributed by atoms with Gasteiger partial charge in [0.2, 0.25) is 0 Å². The van der Waals surface area contributed by atoms with Gasteiger partial charge in [-0.05, 0) is 26.0 Å². The van der Waals surface area contributed by atoms with Crippen LogP contribution in [-0.4, -0.2) is 61.5 Å². The number of aromatic nitrogens is 4. The summed E-state index contributed by atoms with van der Waals surface area (Å²) in [6, 6.07) is -0.721. The number of carboxylic acid groups (broad SMARTS) is 1. The Morgan fingerprint density at radius 2 is 2.14 bits per heavy atom. The number of tetrazole rings is 1. The summed E-state index contributed by atoms with van der Waals surface area (Å²) < 4.78 is 5.05. The third-order valence-corrected chi connectivity index (χ3v) is 2.58. The van der Waals surface area contributed by atoms with Crippen molar-refractivity contribution in [3.8, 4) is 0 Å². The summed E-state index contributed by atoms with van der Waals surface area (Å²) in [7, 11) is 0. The first-order chi connectivity index (χ1) is 10.2. The standard InChI is InChI=1S/C11H16N6O5/c1-11(2,3)22-10(21)12-6-4-16(8(6)20)9-13-15-17(14-9)5-7(18)19/h6H,4-5H2,1-3H3,(H,12,21)(H,18,19)/t6-/m0/s1. The summed E-state index contributed by atoms with van der Waals surface area (Å²) in [5, 5.41) is 21.9. The van der Waals surface area contributed by atoms with Crippen LogP contribution in [0.15, 0.2) is 0 Å². The lowest BCUT2D eigenvalue weighted by Gasteiger charge is -2.36. The van der Waals surface area contributed by atoms with Gasteiger partial charge >= 0.3 is 12.1 Å². The monoisotopic (exact) mass is 312 g/mol. The lowest BCUT2D eigenvalue weighted by Crippen LogP contribution is -2.64. The van der Waals surface area contributed by atoms with E-state index in [4.69, 9.17) is 9.84 Å². The molecule has 1 aliphatic rings. The smallest absolute Gasteiger partial charge is 0.408 e. The number of amides is 2. The van der Waals surface area contributed by atoms with Gasteiger partial charge in [-0.25, -0.2) is 4.79 Å². The molecule has 2 amide bonds. The SMILES string of the molecule is CC(C)(C)OC(=O)N[C@H]1CN(c2nnn(CC(=O)O)n2)C1=O. The molecule has 1 aromatic heterocycles. The van der Waals surface area contributed by atoms with Gasteiger partial charge in [-0.3, -0.25) is 14.5 Å². The van der Waals surface area contributed by atoms with Crippen LogP contribution < -0.4 is 10.2 Å². The molecule has 1 fully saturated rings. The molecular weight excluding hydrogens is 296 g/mol. The molecule has 11 nitrogen and oxygen atoms in total. The Labute approximate surface area is 125 Å². The van der Waals surface area contributed by atoms with E-state index in [2.05, 4.69) is 20.7 Å². The van der Waals surface area contributed by atoms with Crippen LogP contribution in [0.1, 0.15) is 20.8 Å². The Morgan fingerprint density at radius 3 is 2.68 bits per heavy atom. The van der Waals surface area contributed by atoms with Gasteiger partial charge in [-0.15, -0.1) is 5.10 Å². The highest BCUT2D eigenvalue weighted by Crippen LogP contribution is 2.17. The molecule has 120 valence electrons. The highest BCUT2D eigenvalue weighted by molar-refractivity contribution is 6.04. The van der Waals surface area contributed by atoms with Crippen LogP contribution in [0.2, 0.25) is 0 Å². The van der Waals surface area contributed by atoms with Crippen LogP contribution >= 0.6 is 0 Å². The maximum Gasteiger partial charge on any atom is 0.408 e. The summed E-state index contributed by atoms with van der Waals surface area (Å²) in [6.45, 7) is 4.86. The second-order valence-electron chi connectivity index (χ2n) is 5.66. The molecule has 2 heterocycles. The summed E-state index contributed by atoms with van der Waals surface area (Å²) in [5.41, 5.74) is -0.655. The molecule has 1 aromatic rings. The average molecular weight is 312 g/mol. The topological polar surface area (TPSA) is 140 Å². The normalized spacial score (nSPS) is 17.9. The second kappa shape index (κ2) is 5.58. The number of rotatable bonds is 4. The van der Waals surface area contributed by atoms with Crippen LogP contribution in [0, 0.1) is 0 Å². The Kier molecular flexibility index (Phi) is 3.97. The van der Waals surface area contributed by atoms with E-state index in [1.54, 1.807) is 20.8 Å². The van der Waals surface area contributed by atoms with Gasteiger partial charge in [0.25, 0.3) is 11.9 Å². The fourth-order valence-electron chi connectivity index (χ4n) is 1.69. The molecule has 0 radical (unpaired) electrons. The number of nitrogens with one attached hydrogen (secondary N) is 1. The number of hydrogen-bond donors (Lipinski definition) is 2. The van der Waals surface area contributed by atoms with Gasteiger partial charge in [0, 0.05) is 0 Å². The van der Waals surface area contributed by atoms with Crippen molar-refractivity contribution in [2.45, 2.75) is 39.0 Å². The number of carboxylic acids is 1. The molecule has 0 bridgehead atoms. The average Bonchev–Trinajstić information content (AvgIpc) is 2.78. The number of nitrogens with zero attached hydrogens (tertiary/aromatic N) is 5. The van der Waals surface area contributed by atoms with Crippen molar-refractivity contribution in [3.63, 3.8) is 0 Å². The van der Waals surface area contributed by atoms with Crippen molar-refractivity contribution in [2.75, 3.05) is 11.4 Å². The fraction of sp³-hybridized carbons (Fsp3) is 0.636. The number of carbonyl (C=O) groups is 3. The van der Waals surface area contributed by atoms with Crippen molar-refractivity contribution in [2.24, 2.45) is 0 Å². The molecule has 1 saturated heterocycles. The largest absolute Gasteiger partial charge is 0.480 e. The number of ether oxygens (including phenoxy) is 1. The lowest BCUT2D eigenvalue weighted by molar-refractivity contribution is -0.138. The van der Waals surface area contributed by atoms with E-state index in [1.807, 2.05) is 0 Å². The van der Waals surface area contributed by atoms with Gasteiger partial charge in [-0.1, -0.05) is 5.10 Å². The van der Waals surface area contributed by atoms with Crippen LogP contribution in [0.4, 0.5) is 10.7 Å². The fourth-order valence-corrected chi connectivity index (χ4v) is 1.69. The zero-order valence-corrected chi connectivity index (χ0v) is 12.3. The van der Waals surface area contributed by atoms with E-state index in [0.29, 0.717) is 0 Å². The van der Waals surface area contributed by atoms with Crippen molar-refractivity contribution in [1.29, 1.82) is 0 Å². The Hall–Kier alpha value is -2.72. The molecule has 0 spiro atoms. The quantitative estimate of drug-likeness (QED) is 0.674. The first-order valence-corrected chi connectivity index (χ1v) is 6.46. The molecule has 0 aromatic carbocycles. The first-order valence-electron chi connectivity index (χ1n) is 6.46. The third-order valence-electron chi connectivity index (χ3n) is 2.58. The van der Waals surface area contributed by atoms with E-state index in [-0.39, 0.29) is 12.5 Å². The highest BCUT2D eigenvalue weighted by atomic mass is 16.6. The van der Waals surface area contributed by atoms with E-state index >= 15 is 0 Å².